The highest BCUT2D eigenvalue weighted by Gasteiger charge is 2.28. The Morgan fingerprint density at radius 2 is 2.00 bits per heavy atom. The van der Waals surface area contributed by atoms with Gasteiger partial charge in [-0.15, -0.1) is 24.8 Å². The van der Waals surface area contributed by atoms with E-state index in [-0.39, 0.29) is 36.6 Å². The number of nitrogens with one attached hydrogen (secondary N) is 1. The maximum absolute atomic E-state index is 12.7. The van der Waals surface area contributed by atoms with E-state index in [0.717, 1.165) is 57.7 Å². The van der Waals surface area contributed by atoms with Crippen LogP contribution in [0.15, 0.2) is 24.3 Å². The summed E-state index contributed by atoms with van der Waals surface area (Å²) in [4.78, 5) is 17.3. The third-order valence-electron chi connectivity index (χ3n) is 4.87. The largest absolute Gasteiger partial charge is 0.308 e. The lowest BCUT2D eigenvalue weighted by atomic mass is 9.97. The standard InChI is InChI=1S/C18H28N4O.2ClH/c1-20(2)12-13-21-10-5-7-16(14-21)18(23)19-22-11-9-15-6-3-4-8-17(15)22;;/h3-4,6,8,16H,5,7,9-14H2,1-2H3,(H,19,23);2*1H. The van der Waals surface area contributed by atoms with Gasteiger partial charge in [0.15, 0.2) is 0 Å². The van der Waals surface area contributed by atoms with Gasteiger partial charge in [0.05, 0.1) is 11.6 Å². The Kier molecular flexibility index (Phi) is 9.00. The number of piperidine rings is 1. The minimum atomic E-state index is 0. The summed E-state index contributed by atoms with van der Waals surface area (Å²) in [5, 5.41) is 2.02. The Bertz CT molecular complexity index is 556. The maximum Gasteiger partial charge on any atom is 0.242 e. The predicted molar refractivity (Wildman–Crippen MR) is 108 cm³/mol. The van der Waals surface area contributed by atoms with Gasteiger partial charge in [0.25, 0.3) is 0 Å². The van der Waals surface area contributed by atoms with E-state index in [1.54, 1.807) is 0 Å². The summed E-state index contributed by atoms with van der Waals surface area (Å²) in [5.41, 5.74) is 5.62. The van der Waals surface area contributed by atoms with Gasteiger partial charge in [-0.2, -0.15) is 0 Å². The highest BCUT2D eigenvalue weighted by molar-refractivity contribution is 5.85. The Hall–Kier alpha value is -1.01. The summed E-state index contributed by atoms with van der Waals surface area (Å²) in [7, 11) is 4.19. The van der Waals surface area contributed by atoms with E-state index in [2.05, 4.69) is 47.5 Å². The first-order valence-electron chi connectivity index (χ1n) is 8.66. The van der Waals surface area contributed by atoms with Gasteiger partial charge in [-0.3, -0.25) is 15.2 Å². The number of carbonyl (C=O) groups is 1. The first-order chi connectivity index (χ1) is 11.1. The monoisotopic (exact) mass is 388 g/mol. The number of para-hydroxylation sites is 1. The fraction of sp³-hybridized carbons (Fsp3) is 0.611. The second-order valence-corrected chi connectivity index (χ2v) is 6.95. The molecule has 1 fully saturated rings. The van der Waals surface area contributed by atoms with E-state index in [0.29, 0.717) is 0 Å². The maximum atomic E-state index is 12.7. The third-order valence-corrected chi connectivity index (χ3v) is 4.87. The second-order valence-electron chi connectivity index (χ2n) is 6.95. The van der Waals surface area contributed by atoms with E-state index in [1.165, 1.54) is 5.56 Å². The lowest BCUT2D eigenvalue weighted by Gasteiger charge is -2.33. The van der Waals surface area contributed by atoms with E-state index in [9.17, 15) is 4.79 Å². The van der Waals surface area contributed by atoms with Gasteiger partial charge in [0.1, 0.15) is 0 Å². The topological polar surface area (TPSA) is 38.8 Å². The molecule has 1 aromatic carbocycles. The molecule has 0 aromatic heterocycles. The molecule has 25 heavy (non-hydrogen) atoms. The van der Waals surface area contributed by atoms with Gasteiger partial charge in [0.2, 0.25) is 5.91 Å². The van der Waals surface area contributed by atoms with Gasteiger partial charge >= 0.3 is 0 Å². The number of hydrazine groups is 1. The molecule has 2 heterocycles. The molecule has 5 nitrogen and oxygen atoms in total. The minimum Gasteiger partial charge on any atom is -0.308 e. The highest BCUT2D eigenvalue weighted by Crippen LogP contribution is 2.26. The Balaban J connectivity index is 0.00000156. The predicted octanol–water partition coefficient (Wildman–Crippen LogP) is 2.20. The zero-order valence-corrected chi connectivity index (χ0v) is 16.7. The van der Waals surface area contributed by atoms with Crippen LogP contribution in [0.4, 0.5) is 5.69 Å². The second kappa shape index (κ2) is 10.2. The van der Waals surface area contributed by atoms with Crippen molar-refractivity contribution in [1.82, 2.24) is 15.2 Å². The van der Waals surface area contributed by atoms with E-state index >= 15 is 0 Å². The summed E-state index contributed by atoms with van der Waals surface area (Å²) < 4.78 is 0. The molecule has 1 N–H and O–H groups in total. The summed E-state index contributed by atoms with van der Waals surface area (Å²) in [6.45, 7) is 4.97. The molecule has 2 aliphatic heterocycles. The van der Waals surface area contributed by atoms with Crippen molar-refractivity contribution in [2.24, 2.45) is 5.92 Å². The number of likely N-dealkylation sites (tertiary alicyclic amines) is 1. The van der Waals surface area contributed by atoms with E-state index < -0.39 is 0 Å². The van der Waals surface area contributed by atoms with E-state index in [4.69, 9.17) is 0 Å². The summed E-state index contributed by atoms with van der Waals surface area (Å²) >= 11 is 0. The van der Waals surface area contributed by atoms with E-state index in [1.807, 2.05) is 11.1 Å². The molecule has 0 radical (unpaired) electrons. The average molecular weight is 389 g/mol. The van der Waals surface area contributed by atoms with Gasteiger partial charge in [-0.05, 0) is 51.5 Å². The number of likely N-dealkylation sites (N-methyl/N-ethyl adjacent to an activating group) is 1. The van der Waals surface area contributed by atoms with Crippen LogP contribution in [0.5, 0.6) is 0 Å². The van der Waals surface area contributed by atoms with Crippen LogP contribution in [0, 0.1) is 5.92 Å². The van der Waals surface area contributed by atoms with Crippen LogP contribution in [0.3, 0.4) is 0 Å². The van der Waals surface area contributed by atoms with Gasteiger partial charge < -0.3 is 9.80 Å². The molecule has 2 aliphatic rings. The molecule has 7 heteroatoms. The number of hydrogen-bond acceptors (Lipinski definition) is 4. The zero-order chi connectivity index (χ0) is 16.2. The summed E-state index contributed by atoms with van der Waals surface area (Å²) in [6, 6.07) is 8.33. The SMILES string of the molecule is CN(C)CCN1CCCC(C(=O)NN2CCc3ccccc32)C1.Cl.Cl. The number of halogens is 2. The van der Waals surface area contributed by atoms with Crippen LogP contribution < -0.4 is 10.4 Å². The van der Waals surface area contributed by atoms with Crippen molar-refractivity contribution in [3.63, 3.8) is 0 Å². The van der Waals surface area contributed by atoms with Crippen molar-refractivity contribution >= 4 is 36.4 Å². The van der Waals surface area contributed by atoms with Crippen LogP contribution in [-0.4, -0.2) is 62.5 Å². The highest BCUT2D eigenvalue weighted by atomic mass is 35.5. The number of anilines is 1. The molecule has 1 amide bonds. The number of nitrogens with zero attached hydrogens (tertiary/aromatic N) is 3. The van der Waals surface area contributed by atoms with Crippen LogP contribution in [0.25, 0.3) is 0 Å². The Morgan fingerprint density at radius 1 is 1.24 bits per heavy atom. The lowest BCUT2D eigenvalue weighted by molar-refractivity contribution is -0.126. The number of hydrogen-bond donors (Lipinski definition) is 1. The van der Waals surface area contributed by atoms with Crippen molar-refractivity contribution in [2.75, 3.05) is 51.8 Å². The molecule has 1 unspecified atom stereocenters. The van der Waals surface area contributed by atoms with Crippen molar-refractivity contribution in [3.8, 4) is 0 Å². The third kappa shape index (κ3) is 5.74. The lowest BCUT2D eigenvalue weighted by Crippen LogP contribution is -2.49. The molecule has 1 atom stereocenters. The number of carbonyl (C=O) groups excluding carboxylic acids is 1. The van der Waals surface area contributed by atoms with Crippen LogP contribution >= 0.6 is 24.8 Å². The molecular weight excluding hydrogens is 359 g/mol. The van der Waals surface area contributed by atoms with Crippen LogP contribution in [0.2, 0.25) is 0 Å². The minimum absolute atomic E-state index is 0. The first-order valence-corrected chi connectivity index (χ1v) is 8.66. The first kappa shape index (κ1) is 22.0. The van der Waals surface area contributed by atoms with Crippen LogP contribution in [-0.2, 0) is 11.2 Å². The Labute approximate surface area is 163 Å². The molecule has 1 saturated heterocycles. The fourth-order valence-electron chi connectivity index (χ4n) is 3.49. The molecule has 0 aliphatic carbocycles. The number of amides is 1. The average Bonchev–Trinajstić information content (AvgIpc) is 2.96. The molecular formula is C18H30Cl2N4O. The number of rotatable bonds is 5. The zero-order valence-electron chi connectivity index (χ0n) is 15.1. The Morgan fingerprint density at radius 3 is 2.76 bits per heavy atom. The molecule has 0 saturated carbocycles. The van der Waals surface area contributed by atoms with Gasteiger partial charge in [-0.25, -0.2) is 0 Å². The number of fused-ring (bicyclic) bond motifs is 1. The summed E-state index contributed by atoms with van der Waals surface area (Å²) in [5.74, 6) is 0.287. The molecule has 3 rings (SSSR count). The molecule has 142 valence electrons. The van der Waals surface area contributed by atoms with Gasteiger partial charge in [0, 0.05) is 26.2 Å². The van der Waals surface area contributed by atoms with Gasteiger partial charge in [-0.1, -0.05) is 18.2 Å². The molecule has 0 spiro atoms. The molecule has 1 aromatic rings. The molecule has 0 bridgehead atoms. The smallest absolute Gasteiger partial charge is 0.242 e. The normalized spacial score (nSPS) is 19.8. The van der Waals surface area contributed by atoms with Crippen molar-refractivity contribution < 1.29 is 4.79 Å². The van der Waals surface area contributed by atoms with Crippen molar-refractivity contribution in [1.29, 1.82) is 0 Å². The summed E-state index contributed by atoms with van der Waals surface area (Å²) in [6.07, 6.45) is 3.12. The quantitative estimate of drug-likeness (QED) is 0.838. The fourth-order valence-corrected chi connectivity index (χ4v) is 3.49. The van der Waals surface area contributed by atoms with Crippen molar-refractivity contribution in [2.45, 2.75) is 19.3 Å². The van der Waals surface area contributed by atoms with Crippen LogP contribution in [0.1, 0.15) is 18.4 Å². The number of benzene rings is 1. The van der Waals surface area contributed by atoms with Crippen molar-refractivity contribution in [3.05, 3.63) is 29.8 Å².